The molecule has 0 spiro atoms. The zero-order valence-corrected chi connectivity index (χ0v) is 16.5. The molecule has 2 saturated heterocycles. The number of aromatic nitrogens is 2. The number of ether oxygens (including phenoxy) is 1. The maximum absolute atomic E-state index is 12.5. The molecular weight excluding hydrogens is 366 g/mol. The van der Waals surface area contributed by atoms with Crippen molar-refractivity contribution in [2.75, 3.05) is 64.8 Å². The molecule has 0 aliphatic carbocycles. The Labute approximate surface area is 163 Å². The van der Waals surface area contributed by atoms with Crippen LogP contribution < -0.4 is 5.56 Å². The van der Waals surface area contributed by atoms with Gasteiger partial charge < -0.3 is 14.5 Å². The van der Waals surface area contributed by atoms with Gasteiger partial charge in [0.1, 0.15) is 0 Å². The minimum Gasteiger partial charge on any atom is -0.378 e. The van der Waals surface area contributed by atoms with E-state index in [2.05, 4.69) is 10.00 Å². The Morgan fingerprint density at radius 1 is 1.07 bits per heavy atom. The van der Waals surface area contributed by atoms with Gasteiger partial charge in [0.05, 0.1) is 25.5 Å². The monoisotopic (exact) mass is 393 g/mol. The first-order chi connectivity index (χ1) is 13.2. The first-order valence-corrected chi connectivity index (χ1v) is 10.9. The highest BCUT2D eigenvalue weighted by Gasteiger charge is 2.26. The van der Waals surface area contributed by atoms with Crippen molar-refractivity contribution in [3.63, 3.8) is 0 Å². The SMILES string of the molecule is O=C(N1CCOCC1)N1CCN(CCn2nc3c(cc2=O)CSCC3)CC1. The number of fused-ring (bicyclic) bond motifs is 1. The normalized spacial score (nSPS) is 21.2. The fraction of sp³-hybridized carbons (Fsp3) is 0.722. The summed E-state index contributed by atoms with van der Waals surface area (Å²) in [6.07, 6.45) is 0.947. The highest BCUT2D eigenvalue weighted by molar-refractivity contribution is 7.98. The number of aryl methyl sites for hydroxylation is 1. The summed E-state index contributed by atoms with van der Waals surface area (Å²) in [5.74, 6) is 1.98. The number of nitrogens with zero attached hydrogens (tertiary/aromatic N) is 5. The molecule has 3 aliphatic rings. The molecule has 148 valence electrons. The molecular formula is C18H27N5O3S. The van der Waals surface area contributed by atoms with Crippen LogP contribution in [0.2, 0.25) is 0 Å². The van der Waals surface area contributed by atoms with Gasteiger partial charge in [-0.1, -0.05) is 0 Å². The van der Waals surface area contributed by atoms with Crippen LogP contribution in [-0.4, -0.2) is 95.3 Å². The number of hydrogen-bond donors (Lipinski definition) is 0. The van der Waals surface area contributed by atoms with Crippen molar-refractivity contribution in [1.82, 2.24) is 24.5 Å². The minimum absolute atomic E-state index is 0.00242. The van der Waals surface area contributed by atoms with Gasteiger partial charge in [-0.25, -0.2) is 9.48 Å². The van der Waals surface area contributed by atoms with Crippen LogP contribution in [0.15, 0.2) is 10.9 Å². The minimum atomic E-state index is -0.00242. The summed E-state index contributed by atoms with van der Waals surface area (Å²) in [6, 6.07) is 1.89. The van der Waals surface area contributed by atoms with Gasteiger partial charge in [-0.05, 0) is 11.3 Å². The number of carbonyl (C=O) groups excluding carboxylic acids is 1. The van der Waals surface area contributed by atoms with Crippen molar-refractivity contribution >= 4 is 17.8 Å². The lowest BCUT2D eigenvalue weighted by Crippen LogP contribution is -2.55. The maximum Gasteiger partial charge on any atom is 0.320 e. The van der Waals surface area contributed by atoms with Gasteiger partial charge in [0.25, 0.3) is 5.56 Å². The quantitative estimate of drug-likeness (QED) is 0.726. The van der Waals surface area contributed by atoms with Crippen molar-refractivity contribution in [2.24, 2.45) is 0 Å². The molecule has 27 heavy (non-hydrogen) atoms. The van der Waals surface area contributed by atoms with E-state index in [1.54, 1.807) is 10.7 Å². The van der Waals surface area contributed by atoms with Crippen LogP contribution in [-0.2, 0) is 23.5 Å². The first-order valence-electron chi connectivity index (χ1n) is 9.72. The molecule has 1 aromatic heterocycles. The number of thioether (sulfide) groups is 1. The number of hydrogen-bond acceptors (Lipinski definition) is 6. The zero-order chi connectivity index (χ0) is 18.6. The summed E-state index contributed by atoms with van der Waals surface area (Å²) < 4.78 is 6.93. The number of rotatable bonds is 3. The van der Waals surface area contributed by atoms with Gasteiger partial charge in [0.2, 0.25) is 0 Å². The predicted molar refractivity (Wildman–Crippen MR) is 104 cm³/mol. The van der Waals surface area contributed by atoms with Gasteiger partial charge in [-0.15, -0.1) is 0 Å². The van der Waals surface area contributed by atoms with Gasteiger partial charge >= 0.3 is 6.03 Å². The molecule has 0 saturated carbocycles. The molecule has 4 heterocycles. The van der Waals surface area contributed by atoms with Crippen LogP contribution in [0.5, 0.6) is 0 Å². The molecule has 0 unspecified atom stereocenters. The Hall–Kier alpha value is -1.58. The van der Waals surface area contributed by atoms with Crippen LogP contribution in [0.25, 0.3) is 0 Å². The van der Waals surface area contributed by atoms with E-state index in [4.69, 9.17) is 4.74 Å². The van der Waals surface area contributed by atoms with E-state index in [9.17, 15) is 9.59 Å². The van der Waals surface area contributed by atoms with Crippen molar-refractivity contribution in [3.05, 3.63) is 27.7 Å². The molecule has 2 amide bonds. The molecule has 0 N–H and O–H groups in total. The van der Waals surface area contributed by atoms with E-state index in [0.29, 0.717) is 32.8 Å². The fourth-order valence-corrected chi connectivity index (χ4v) is 4.72. The van der Waals surface area contributed by atoms with E-state index in [1.165, 1.54) is 0 Å². The summed E-state index contributed by atoms with van der Waals surface area (Å²) >= 11 is 1.86. The van der Waals surface area contributed by atoms with Gasteiger partial charge in [0, 0.05) is 64.1 Å². The molecule has 1 aromatic rings. The fourth-order valence-electron chi connectivity index (χ4n) is 3.77. The summed E-state index contributed by atoms with van der Waals surface area (Å²) in [5, 5.41) is 4.58. The summed E-state index contributed by atoms with van der Waals surface area (Å²) in [7, 11) is 0. The van der Waals surface area contributed by atoms with Crippen molar-refractivity contribution < 1.29 is 9.53 Å². The second kappa shape index (κ2) is 8.62. The topological polar surface area (TPSA) is 70.9 Å². The molecule has 0 atom stereocenters. The number of amides is 2. The highest BCUT2D eigenvalue weighted by Crippen LogP contribution is 2.21. The second-order valence-corrected chi connectivity index (χ2v) is 8.30. The third-order valence-electron chi connectivity index (χ3n) is 5.46. The summed E-state index contributed by atoms with van der Waals surface area (Å²) in [4.78, 5) is 31.0. The molecule has 8 nitrogen and oxygen atoms in total. The van der Waals surface area contributed by atoms with Gasteiger partial charge in [-0.3, -0.25) is 9.69 Å². The van der Waals surface area contributed by atoms with Crippen LogP contribution in [0.1, 0.15) is 11.3 Å². The van der Waals surface area contributed by atoms with E-state index in [0.717, 1.165) is 61.9 Å². The molecule has 0 aromatic carbocycles. The van der Waals surface area contributed by atoms with Crippen LogP contribution in [0.4, 0.5) is 4.79 Å². The first kappa shape index (κ1) is 18.8. The summed E-state index contributed by atoms with van der Waals surface area (Å²) in [5.41, 5.74) is 2.18. The predicted octanol–water partition coefficient (Wildman–Crippen LogP) is 0.102. The molecule has 4 rings (SSSR count). The Bertz CT molecular complexity index is 726. The number of piperazine rings is 1. The molecule has 0 radical (unpaired) electrons. The van der Waals surface area contributed by atoms with E-state index < -0.39 is 0 Å². The lowest BCUT2D eigenvalue weighted by molar-refractivity contribution is 0.0375. The summed E-state index contributed by atoms with van der Waals surface area (Å²) in [6.45, 7) is 7.18. The van der Waals surface area contributed by atoms with Crippen LogP contribution in [0, 0.1) is 0 Å². The molecule has 9 heteroatoms. The zero-order valence-electron chi connectivity index (χ0n) is 15.6. The van der Waals surface area contributed by atoms with Crippen molar-refractivity contribution in [1.29, 1.82) is 0 Å². The Kier molecular flexibility index (Phi) is 5.99. The third-order valence-corrected chi connectivity index (χ3v) is 6.47. The Balaban J connectivity index is 1.27. The molecule has 0 bridgehead atoms. The second-order valence-electron chi connectivity index (χ2n) is 7.19. The van der Waals surface area contributed by atoms with Gasteiger partial charge in [-0.2, -0.15) is 16.9 Å². The average Bonchev–Trinajstić information content (AvgIpc) is 2.73. The molecule has 3 aliphatic heterocycles. The number of morpholine rings is 1. The van der Waals surface area contributed by atoms with Crippen molar-refractivity contribution in [3.8, 4) is 0 Å². The number of urea groups is 1. The lowest BCUT2D eigenvalue weighted by Gasteiger charge is -2.38. The van der Waals surface area contributed by atoms with Gasteiger partial charge in [0.15, 0.2) is 0 Å². The standard InChI is InChI=1S/C18H27N5O3S/c24-17-13-15-14-27-12-1-16(15)19-23(17)7-4-20-2-5-21(6-3-20)18(25)22-8-10-26-11-9-22/h13H,1-12,14H2. The molecule has 2 fully saturated rings. The van der Waals surface area contributed by atoms with Crippen molar-refractivity contribution in [2.45, 2.75) is 18.7 Å². The van der Waals surface area contributed by atoms with E-state index in [-0.39, 0.29) is 11.6 Å². The van der Waals surface area contributed by atoms with E-state index in [1.807, 2.05) is 21.6 Å². The lowest BCUT2D eigenvalue weighted by atomic mass is 10.2. The average molecular weight is 394 g/mol. The van der Waals surface area contributed by atoms with E-state index >= 15 is 0 Å². The van der Waals surface area contributed by atoms with Crippen LogP contribution in [0.3, 0.4) is 0 Å². The Morgan fingerprint density at radius 3 is 2.59 bits per heavy atom. The van der Waals surface area contributed by atoms with Crippen LogP contribution >= 0.6 is 11.8 Å². The highest BCUT2D eigenvalue weighted by atomic mass is 32.2. The Morgan fingerprint density at radius 2 is 1.81 bits per heavy atom. The number of carbonyl (C=O) groups is 1. The smallest absolute Gasteiger partial charge is 0.320 e. The maximum atomic E-state index is 12.5. The third kappa shape index (κ3) is 4.47. The largest absolute Gasteiger partial charge is 0.378 e.